The number of halogens is 3. The fourth-order valence-corrected chi connectivity index (χ4v) is 2.25. The van der Waals surface area contributed by atoms with Crippen LogP contribution in [0.15, 0.2) is 35.9 Å². The van der Waals surface area contributed by atoms with Crippen LogP contribution in [-0.4, -0.2) is 40.0 Å². The van der Waals surface area contributed by atoms with Gasteiger partial charge in [0.2, 0.25) is 5.76 Å². The highest BCUT2D eigenvalue weighted by Gasteiger charge is 2.47. The summed E-state index contributed by atoms with van der Waals surface area (Å²) in [7, 11) is 0. The van der Waals surface area contributed by atoms with E-state index in [1.165, 1.54) is 17.1 Å². The van der Waals surface area contributed by atoms with Crippen LogP contribution in [0.2, 0.25) is 0 Å². The molecule has 0 aromatic carbocycles. The molecule has 1 fully saturated rings. The molecule has 6 nitrogen and oxygen atoms in total. The number of anilines is 1. The molecule has 0 saturated carbocycles. The summed E-state index contributed by atoms with van der Waals surface area (Å²) < 4.78 is 41.8. The molecular weight excluding hydrogens is 303 g/mol. The SMILES string of the molecule is C=CCC1C(O)N(c2cc(C(F)(F)F)on2)C(=O)N1CC=C. The summed E-state index contributed by atoms with van der Waals surface area (Å²) in [5, 5.41) is 13.5. The van der Waals surface area contributed by atoms with E-state index in [2.05, 4.69) is 22.8 Å². The minimum Gasteiger partial charge on any atom is -0.371 e. The number of alkyl halides is 3. The Hall–Kier alpha value is -2.29. The van der Waals surface area contributed by atoms with Gasteiger partial charge >= 0.3 is 12.2 Å². The van der Waals surface area contributed by atoms with E-state index in [9.17, 15) is 23.1 Å². The Bertz CT molecular complexity index is 585. The van der Waals surface area contributed by atoms with Gasteiger partial charge in [0, 0.05) is 12.6 Å². The van der Waals surface area contributed by atoms with Crippen LogP contribution >= 0.6 is 0 Å². The van der Waals surface area contributed by atoms with Crippen LogP contribution in [0.4, 0.5) is 23.8 Å². The molecule has 1 saturated heterocycles. The van der Waals surface area contributed by atoms with Gasteiger partial charge in [-0.05, 0) is 6.42 Å². The first-order valence-electron chi connectivity index (χ1n) is 6.34. The van der Waals surface area contributed by atoms with Crippen LogP contribution in [0, 0.1) is 0 Å². The number of carbonyl (C=O) groups excluding carboxylic acids is 1. The monoisotopic (exact) mass is 317 g/mol. The van der Waals surface area contributed by atoms with Gasteiger partial charge in [-0.15, -0.1) is 13.2 Å². The number of nitrogens with zero attached hydrogens (tertiary/aromatic N) is 3. The third-order valence-electron chi connectivity index (χ3n) is 3.22. The number of carbonyl (C=O) groups is 1. The van der Waals surface area contributed by atoms with Crippen LogP contribution < -0.4 is 4.90 Å². The topological polar surface area (TPSA) is 69.8 Å². The number of aliphatic hydroxyl groups is 1. The molecule has 1 N–H and O–H groups in total. The van der Waals surface area contributed by atoms with Crippen molar-refractivity contribution in [3.05, 3.63) is 37.1 Å². The van der Waals surface area contributed by atoms with Crippen LogP contribution in [0.1, 0.15) is 12.2 Å². The van der Waals surface area contributed by atoms with E-state index in [1.807, 2.05) is 0 Å². The van der Waals surface area contributed by atoms with Gasteiger partial charge in [0.1, 0.15) is 0 Å². The van der Waals surface area contributed by atoms with Gasteiger partial charge in [-0.25, -0.2) is 9.69 Å². The number of amides is 2. The Morgan fingerprint density at radius 3 is 2.59 bits per heavy atom. The molecule has 2 atom stereocenters. The number of rotatable bonds is 5. The van der Waals surface area contributed by atoms with Crippen molar-refractivity contribution in [1.82, 2.24) is 10.1 Å². The van der Waals surface area contributed by atoms with Crippen LogP contribution in [-0.2, 0) is 6.18 Å². The molecule has 0 bridgehead atoms. The second-order valence-corrected chi connectivity index (χ2v) is 4.65. The van der Waals surface area contributed by atoms with Crippen LogP contribution in [0.3, 0.4) is 0 Å². The van der Waals surface area contributed by atoms with E-state index in [1.54, 1.807) is 0 Å². The fourth-order valence-electron chi connectivity index (χ4n) is 2.25. The molecule has 2 rings (SSSR count). The first-order valence-corrected chi connectivity index (χ1v) is 6.34. The minimum atomic E-state index is -4.72. The second-order valence-electron chi connectivity index (χ2n) is 4.65. The van der Waals surface area contributed by atoms with Crippen molar-refractivity contribution in [2.24, 2.45) is 0 Å². The van der Waals surface area contributed by atoms with Crippen molar-refractivity contribution in [2.75, 3.05) is 11.4 Å². The Morgan fingerprint density at radius 1 is 1.41 bits per heavy atom. The Morgan fingerprint density at radius 2 is 2.09 bits per heavy atom. The maximum absolute atomic E-state index is 12.5. The van der Waals surface area contributed by atoms with Crippen LogP contribution in [0.5, 0.6) is 0 Å². The molecule has 0 radical (unpaired) electrons. The molecule has 1 aromatic heterocycles. The molecule has 1 aliphatic rings. The van der Waals surface area contributed by atoms with Crippen molar-refractivity contribution in [3.63, 3.8) is 0 Å². The molecule has 0 aliphatic carbocycles. The minimum absolute atomic E-state index is 0.134. The van der Waals surface area contributed by atoms with Crippen molar-refractivity contribution in [1.29, 1.82) is 0 Å². The first-order chi connectivity index (χ1) is 10.3. The maximum Gasteiger partial charge on any atom is 0.452 e. The van der Waals surface area contributed by atoms with Gasteiger partial charge < -0.3 is 14.5 Å². The Balaban J connectivity index is 2.34. The predicted molar refractivity (Wildman–Crippen MR) is 70.9 cm³/mol. The molecular formula is C13H14F3N3O3. The molecule has 9 heteroatoms. The predicted octanol–water partition coefficient (Wildman–Crippen LogP) is 2.38. The number of urea groups is 1. The van der Waals surface area contributed by atoms with E-state index in [4.69, 9.17) is 0 Å². The standard InChI is InChI=1S/C13H14F3N3O3/c1-3-5-8-11(20)19(12(21)18(8)6-4-2)10-7-9(22-17-10)13(14,15)16/h3-4,7-8,11,20H,1-2,5-6H2. The van der Waals surface area contributed by atoms with Crippen molar-refractivity contribution in [2.45, 2.75) is 24.9 Å². The highest BCUT2D eigenvalue weighted by molar-refractivity contribution is 5.94. The molecule has 2 heterocycles. The van der Waals surface area contributed by atoms with Crippen LogP contribution in [0.25, 0.3) is 0 Å². The number of aromatic nitrogens is 1. The summed E-state index contributed by atoms with van der Waals surface area (Å²) in [6, 6.07) is -0.765. The number of hydrogen-bond acceptors (Lipinski definition) is 4. The van der Waals surface area contributed by atoms with E-state index < -0.39 is 36.1 Å². The lowest BCUT2D eigenvalue weighted by molar-refractivity contribution is -0.155. The molecule has 1 aliphatic heterocycles. The summed E-state index contributed by atoms with van der Waals surface area (Å²) >= 11 is 0. The van der Waals surface area contributed by atoms with Gasteiger partial charge in [0.15, 0.2) is 12.0 Å². The molecule has 2 amide bonds. The van der Waals surface area contributed by atoms with Gasteiger partial charge in [0.25, 0.3) is 0 Å². The average molecular weight is 317 g/mol. The highest BCUT2D eigenvalue weighted by Crippen LogP contribution is 2.34. The summed E-state index contributed by atoms with van der Waals surface area (Å²) in [5.74, 6) is -1.74. The third-order valence-corrected chi connectivity index (χ3v) is 3.22. The molecule has 120 valence electrons. The lowest BCUT2D eigenvalue weighted by Gasteiger charge is -2.21. The summed E-state index contributed by atoms with van der Waals surface area (Å²) in [6.45, 7) is 7.18. The zero-order valence-corrected chi connectivity index (χ0v) is 11.5. The zero-order valence-electron chi connectivity index (χ0n) is 11.5. The maximum atomic E-state index is 12.5. The number of hydrogen-bond donors (Lipinski definition) is 1. The molecule has 1 aromatic rings. The Kier molecular flexibility index (Phi) is 4.27. The zero-order chi connectivity index (χ0) is 16.5. The van der Waals surface area contributed by atoms with Gasteiger partial charge in [0.05, 0.1) is 6.04 Å². The fraction of sp³-hybridized carbons (Fsp3) is 0.385. The first kappa shape index (κ1) is 16.1. The third kappa shape index (κ3) is 2.71. The van der Waals surface area contributed by atoms with Crippen molar-refractivity contribution >= 4 is 11.8 Å². The normalized spacial score (nSPS) is 22.3. The second kappa shape index (κ2) is 5.84. The number of aliphatic hydroxyl groups excluding tert-OH is 1. The Labute approximate surface area is 124 Å². The highest BCUT2D eigenvalue weighted by atomic mass is 19.4. The smallest absolute Gasteiger partial charge is 0.371 e. The van der Waals surface area contributed by atoms with Crippen molar-refractivity contribution in [3.8, 4) is 0 Å². The van der Waals surface area contributed by atoms with Crippen molar-refractivity contribution < 1.29 is 27.6 Å². The van der Waals surface area contributed by atoms with Gasteiger partial charge in [-0.1, -0.05) is 17.3 Å². The average Bonchev–Trinajstić information content (AvgIpc) is 2.98. The van der Waals surface area contributed by atoms with Gasteiger partial charge in [-0.3, -0.25) is 0 Å². The van der Waals surface area contributed by atoms with E-state index in [-0.39, 0.29) is 13.0 Å². The van der Waals surface area contributed by atoms with E-state index in [0.717, 1.165) is 4.90 Å². The van der Waals surface area contributed by atoms with E-state index in [0.29, 0.717) is 6.07 Å². The largest absolute Gasteiger partial charge is 0.452 e. The van der Waals surface area contributed by atoms with Gasteiger partial charge in [-0.2, -0.15) is 13.2 Å². The lowest BCUT2D eigenvalue weighted by Crippen LogP contribution is -2.37. The molecule has 0 spiro atoms. The molecule has 2 unspecified atom stereocenters. The quantitative estimate of drug-likeness (QED) is 0.847. The summed E-state index contributed by atoms with van der Waals surface area (Å²) in [5.41, 5.74) is 0. The van der Waals surface area contributed by atoms with E-state index >= 15 is 0 Å². The summed E-state index contributed by atoms with van der Waals surface area (Å²) in [6.07, 6.45) is -2.86. The lowest BCUT2D eigenvalue weighted by atomic mass is 10.1. The summed E-state index contributed by atoms with van der Waals surface area (Å²) in [4.78, 5) is 14.3. The molecule has 22 heavy (non-hydrogen) atoms.